The van der Waals surface area contributed by atoms with Crippen LogP contribution < -0.4 is 5.73 Å². The number of aromatic nitrogens is 1. The molecule has 1 atom stereocenters. The second-order valence-electron chi connectivity index (χ2n) is 4.55. The Balaban J connectivity index is 2.10. The van der Waals surface area contributed by atoms with Crippen LogP contribution in [-0.2, 0) is 0 Å². The summed E-state index contributed by atoms with van der Waals surface area (Å²) in [5, 5.41) is 0. The molecular formula is C12H18N4O. The normalized spacial score (nSPS) is 21.5. The quantitative estimate of drug-likeness (QED) is 0.766. The molecule has 1 fully saturated rings. The number of rotatable bonds is 1. The van der Waals surface area contributed by atoms with E-state index in [-0.39, 0.29) is 5.91 Å². The van der Waals surface area contributed by atoms with Crippen molar-refractivity contribution in [3.05, 3.63) is 23.9 Å². The van der Waals surface area contributed by atoms with E-state index < -0.39 is 0 Å². The van der Waals surface area contributed by atoms with E-state index in [1.54, 1.807) is 18.3 Å². The summed E-state index contributed by atoms with van der Waals surface area (Å²) < 4.78 is 0. The molecule has 1 aromatic heterocycles. The van der Waals surface area contributed by atoms with Crippen molar-refractivity contribution in [1.29, 1.82) is 0 Å². The van der Waals surface area contributed by atoms with Gasteiger partial charge in [0.2, 0.25) is 0 Å². The van der Waals surface area contributed by atoms with Crippen LogP contribution in [-0.4, -0.2) is 53.4 Å². The average Bonchev–Trinajstić information content (AvgIpc) is 2.32. The SMILES string of the molecule is CC1CN(C(=O)c2ccnc(N)c2)CCN1C. The number of carbonyl (C=O) groups excluding carboxylic acids is 1. The number of nitrogens with zero attached hydrogens (tertiary/aromatic N) is 3. The summed E-state index contributed by atoms with van der Waals surface area (Å²) in [6.45, 7) is 4.56. The molecule has 0 spiro atoms. The summed E-state index contributed by atoms with van der Waals surface area (Å²) in [6.07, 6.45) is 1.57. The van der Waals surface area contributed by atoms with Crippen LogP contribution in [0.5, 0.6) is 0 Å². The van der Waals surface area contributed by atoms with Gasteiger partial charge in [-0.1, -0.05) is 0 Å². The number of likely N-dealkylation sites (N-methyl/N-ethyl adjacent to an activating group) is 1. The van der Waals surface area contributed by atoms with Gasteiger partial charge in [-0.05, 0) is 26.1 Å². The standard InChI is InChI=1S/C12H18N4O/c1-9-8-16(6-5-15(9)2)12(17)10-3-4-14-11(13)7-10/h3-4,7,9H,5-6,8H2,1-2H3,(H2,13,14). The van der Waals surface area contributed by atoms with Crippen LogP contribution in [0.25, 0.3) is 0 Å². The largest absolute Gasteiger partial charge is 0.384 e. The molecule has 1 aromatic rings. The Hall–Kier alpha value is -1.62. The highest BCUT2D eigenvalue weighted by atomic mass is 16.2. The number of anilines is 1. The maximum absolute atomic E-state index is 12.2. The fourth-order valence-corrected chi connectivity index (χ4v) is 2.00. The van der Waals surface area contributed by atoms with E-state index >= 15 is 0 Å². The van der Waals surface area contributed by atoms with Crippen LogP contribution in [0.3, 0.4) is 0 Å². The number of hydrogen-bond donors (Lipinski definition) is 1. The maximum atomic E-state index is 12.2. The highest BCUT2D eigenvalue weighted by Crippen LogP contribution is 2.12. The van der Waals surface area contributed by atoms with Crippen LogP contribution in [0.4, 0.5) is 5.82 Å². The van der Waals surface area contributed by atoms with Gasteiger partial charge in [0.15, 0.2) is 0 Å². The first-order valence-electron chi connectivity index (χ1n) is 5.79. The van der Waals surface area contributed by atoms with E-state index in [0.717, 1.165) is 19.6 Å². The Bertz CT molecular complexity index is 421. The molecule has 2 heterocycles. The fraction of sp³-hybridized carbons (Fsp3) is 0.500. The zero-order valence-corrected chi connectivity index (χ0v) is 10.3. The van der Waals surface area contributed by atoms with E-state index in [0.29, 0.717) is 17.4 Å². The molecule has 1 aliphatic heterocycles. The second kappa shape index (κ2) is 4.71. The van der Waals surface area contributed by atoms with E-state index in [1.807, 2.05) is 4.90 Å². The molecule has 92 valence electrons. The van der Waals surface area contributed by atoms with Gasteiger partial charge < -0.3 is 15.5 Å². The third-order valence-electron chi connectivity index (χ3n) is 3.27. The number of piperazine rings is 1. The van der Waals surface area contributed by atoms with Gasteiger partial charge in [-0.2, -0.15) is 0 Å². The molecule has 1 aliphatic rings. The Morgan fingerprint density at radius 1 is 1.53 bits per heavy atom. The van der Waals surface area contributed by atoms with E-state index in [2.05, 4.69) is 23.9 Å². The molecule has 17 heavy (non-hydrogen) atoms. The summed E-state index contributed by atoms with van der Waals surface area (Å²) in [6, 6.07) is 3.74. The van der Waals surface area contributed by atoms with Crippen molar-refractivity contribution in [2.24, 2.45) is 0 Å². The Labute approximate surface area is 101 Å². The lowest BCUT2D eigenvalue weighted by Crippen LogP contribution is -2.52. The third-order valence-corrected chi connectivity index (χ3v) is 3.27. The number of hydrogen-bond acceptors (Lipinski definition) is 4. The minimum absolute atomic E-state index is 0.0408. The van der Waals surface area contributed by atoms with Crippen molar-refractivity contribution >= 4 is 11.7 Å². The first kappa shape index (κ1) is 11.9. The zero-order chi connectivity index (χ0) is 12.4. The highest BCUT2D eigenvalue weighted by molar-refractivity contribution is 5.94. The lowest BCUT2D eigenvalue weighted by molar-refractivity contribution is 0.0572. The number of carbonyl (C=O) groups is 1. The summed E-state index contributed by atoms with van der Waals surface area (Å²) >= 11 is 0. The number of amides is 1. The monoisotopic (exact) mass is 234 g/mol. The van der Waals surface area contributed by atoms with Crippen LogP contribution in [0.15, 0.2) is 18.3 Å². The van der Waals surface area contributed by atoms with Crippen LogP contribution >= 0.6 is 0 Å². The van der Waals surface area contributed by atoms with Gasteiger partial charge in [0.05, 0.1) is 0 Å². The minimum Gasteiger partial charge on any atom is -0.384 e. The van der Waals surface area contributed by atoms with Gasteiger partial charge in [0.1, 0.15) is 5.82 Å². The van der Waals surface area contributed by atoms with Crippen LogP contribution in [0.2, 0.25) is 0 Å². The van der Waals surface area contributed by atoms with Crippen molar-refractivity contribution in [3.8, 4) is 0 Å². The molecule has 0 saturated carbocycles. The molecule has 1 unspecified atom stereocenters. The molecule has 0 bridgehead atoms. The van der Waals surface area contributed by atoms with Crippen molar-refractivity contribution in [3.63, 3.8) is 0 Å². The predicted octanol–water partition coefficient (Wildman–Crippen LogP) is 0.440. The lowest BCUT2D eigenvalue weighted by Gasteiger charge is -2.37. The maximum Gasteiger partial charge on any atom is 0.254 e. The highest BCUT2D eigenvalue weighted by Gasteiger charge is 2.25. The fourth-order valence-electron chi connectivity index (χ4n) is 2.00. The number of nitrogens with two attached hydrogens (primary N) is 1. The summed E-state index contributed by atoms with van der Waals surface area (Å²) in [7, 11) is 2.08. The second-order valence-corrected chi connectivity index (χ2v) is 4.55. The van der Waals surface area contributed by atoms with Crippen molar-refractivity contribution in [2.45, 2.75) is 13.0 Å². The molecule has 1 amide bonds. The average molecular weight is 234 g/mol. The van der Waals surface area contributed by atoms with Crippen LogP contribution in [0.1, 0.15) is 17.3 Å². The summed E-state index contributed by atoms with van der Waals surface area (Å²) in [4.78, 5) is 20.3. The van der Waals surface area contributed by atoms with Crippen molar-refractivity contribution in [2.75, 3.05) is 32.4 Å². The first-order valence-corrected chi connectivity index (χ1v) is 5.79. The number of pyridine rings is 1. The first-order chi connectivity index (χ1) is 8.08. The van der Waals surface area contributed by atoms with Gasteiger partial charge in [0.25, 0.3) is 5.91 Å². The zero-order valence-electron chi connectivity index (χ0n) is 10.3. The van der Waals surface area contributed by atoms with Crippen LogP contribution in [0, 0.1) is 0 Å². The summed E-state index contributed by atoms with van der Waals surface area (Å²) in [5.74, 6) is 0.428. The molecule has 0 aliphatic carbocycles. The van der Waals surface area contributed by atoms with Crippen molar-refractivity contribution < 1.29 is 4.79 Å². The Kier molecular flexibility index (Phi) is 3.28. The van der Waals surface area contributed by atoms with Gasteiger partial charge >= 0.3 is 0 Å². The topological polar surface area (TPSA) is 62.5 Å². The molecule has 2 N–H and O–H groups in total. The Morgan fingerprint density at radius 3 is 2.94 bits per heavy atom. The lowest BCUT2D eigenvalue weighted by atomic mass is 10.1. The van der Waals surface area contributed by atoms with E-state index in [4.69, 9.17) is 5.73 Å². The molecular weight excluding hydrogens is 216 g/mol. The van der Waals surface area contributed by atoms with E-state index in [9.17, 15) is 4.79 Å². The smallest absolute Gasteiger partial charge is 0.254 e. The molecule has 5 nitrogen and oxygen atoms in total. The van der Waals surface area contributed by atoms with E-state index in [1.165, 1.54) is 0 Å². The van der Waals surface area contributed by atoms with Crippen molar-refractivity contribution in [1.82, 2.24) is 14.8 Å². The molecule has 2 rings (SSSR count). The summed E-state index contributed by atoms with van der Waals surface area (Å²) in [5.41, 5.74) is 6.20. The van der Waals surface area contributed by atoms with Gasteiger partial charge in [-0.25, -0.2) is 4.98 Å². The number of nitrogen functional groups attached to an aromatic ring is 1. The minimum atomic E-state index is 0.0408. The Morgan fingerprint density at radius 2 is 2.29 bits per heavy atom. The molecule has 1 saturated heterocycles. The van der Waals surface area contributed by atoms with Gasteiger partial charge in [0, 0.05) is 37.4 Å². The molecule has 5 heteroatoms. The molecule has 0 radical (unpaired) electrons. The molecule has 0 aromatic carbocycles. The van der Waals surface area contributed by atoms with Gasteiger partial charge in [-0.15, -0.1) is 0 Å². The van der Waals surface area contributed by atoms with Gasteiger partial charge in [-0.3, -0.25) is 4.79 Å². The predicted molar refractivity (Wildman–Crippen MR) is 66.6 cm³/mol. The third kappa shape index (κ3) is 2.55.